The molecule has 0 amide bonds. The van der Waals surface area contributed by atoms with Crippen molar-refractivity contribution in [3.8, 4) is 11.5 Å². The van der Waals surface area contributed by atoms with Crippen molar-refractivity contribution in [2.24, 2.45) is 0 Å². The molecule has 1 heterocycles. The molecular weight excluding hydrogens is 264 g/mol. The lowest BCUT2D eigenvalue weighted by molar-refractivity contribution is 0.181. The Morgan fingerprint density at radius 3 is 2.67 bits per heavy atom. The summed E-state index contributed by atoms with van der Waals surface area (Å²) in [6, 6.07) is 16.2. The zero-order chi connectivity index (χ0) is 14.3. The predicted molar refractivity (Wildman–Crippen MR) is 79.8 cm³/mol. The van der Waals surface area contributed by atoms with Crippen LogP contribution in [0.15, 0.2) is 48.5 Å². The lowest BCUT2D eigenvalue weighted by atomic mass is 9.84. The monoisotopic (exact) mass is 282 g/mol. The molecule has 2 atom stereocenters. The number of rotatable bonds is 4. The molecule has 1 fully saturated rings. The zero-order valence-corrected chi connectivity index (χ0v) is 12.0. The highest BCUT2D eigenvalue weighted by Gasteiger charge is 2.60. The lowest BCUT2D eigenvalue weighted by Gasteiger charge is -2.20. The average molecular weight is 282 g/mol. The Hall–Kier alpha value is -2.00. The van der Waals surface area contributed by atoms with E-state index in [9.17, 15) is 0 Å². The molecule has 2 aliphatic rings. The molecule has 2 aromatic rings. The number of ether oxygens (including phenoxy) is 3. The normalized spacial score (nSPS) is 25.7. The van der Waals surface area contributed by atoms with Crippen LogP contribution in [0.3, 0.4) is 0 Å². The molecule has 0 saturated carbocycles. The molecule has 21 heavy (non-hydrogen) atoms. The van der Waals surface area contributed by atoms with Gasteiger partial charge in [-0.15, -0.1) is 0 Å². The van der Waals surface area contributed by atoms with Gasteiger partial charge in [-0.1, -0.05) is 24.3 Å². The highest BCUT2D eigenvalue weighted by molar-refractivity contribution is 5.39. The molecule has 1 saturated heterocycles. The fourth-order valence-corrected chi connectivity index (χ4v) is 3.16. The lowest BCUT2D eigenvalue weighted by Crippen LogP contribution is -2.26. The van der Waals surface area contributed by atoms with Crippen molar-refractivity contribution in [1.29, 1.82) is 0 Å². The van der Waals surface area contributed by atoms with E-state index in [2.05, 4.69) is 24.3 Å². The molecule has 3 heteroatoms. The minimum atomic E-state index is -0.117. The molecule has 108 valence electrons. The molecule has 0 N–H and O–H groups in total. The van der Waals surface area contributed by atoms with E-state index in [1.165, 1.54) is 11.1 Å². The largest absolute Gasteiger partial charge is 0.497 e. The van der Waals surface area contributed by atoms with Gasteiger partial charge in [0.1, 0.15) is 29.8 Å². The summed E-state index contributed by atoms with van der Waals surface area (Å²) in [4.78, 5) is 0. The summed E-state index contributed by atoms with van der Waals surface area (Å²) in [5.74, 6) is 1.70. The van der Waals surface area contributed by atoms with Crippen LogP contribution in [0, 0.1) is 0 Å². The van der Waals surface area contributed by atoms with Gasteiger partial charge in [0.05, 0.1) is 7.11 Å². The Morgan fingerprint density at radius 2 is 1.86 bits per heavy atom. The van der Waals surface area contributed by atoms with Crippen molar-refractivity contribution >= 4 is 0 Å². The Bertz CT molecular complexity index is 650. The van der Waals surface area contributed by atoms with E-state index in [1.54, 1.807) is 7.11 Å². The third-order valence-corrected chi connectivity index (χ3v) is 4.47. The summed E-state index contributed by atoms with van der Waals surface area (Å²) in [6.45, 7) is 0.609. The molecule has 3 nitrogen and oxygen atoms in total. The van der Waals surface area contributed by atoms with Crippen LogP contribution in [-0.2, 0) is 11.2 Å². The molecule has 2 aromatic carbocycles. The summed E-state index contributed by atoms with van der Waals surface area (Å²) >= 11 is 0. The van der Waals surface area contributed by atoms with E-state index in [0.717, 1.165) is 24.3 Å². The molecule has 0 bridgehead atoms. The fraction of sp³-hybridized carbons (Fsp3) is 0.333. The summed E-state index contributed by atoms with van der Waals surface area (Å²) < 4.78 is 17.1. The van der Waals surface area contributed by atoms with Crippen molar-refractivity contribution in [3.63, 3.8) is 0 Å². The fourth-order valence-electron chi connectivity index (χ4n) is 3.16. The molecule has 4 rings (SSSR count). The Morgan fingerprint density at radius 1 is 1.10 bits per heavy atom. The average Bonchev–Trinajstić information content (AvgIpc) is 3.29. The van der Waals surface area contributed by atoms with E-state index in [1.807, 2.05) is 24.3 Å². The number of epoxide rings is 1. The van der Waals surface area contributed by atoms with Crippen molar-refractivity contribution in [2.45, 2.75) is 24.5 Å². The number of methoxy groups -OCH3 is 1. The number of aryl methyl sites for hydroxylation is 1. The van der Waals surface area contributed by atoms with Crippen LogP contribution in [0.25, 0.3) is 0 Å². The van der Waals surface area contributed by atoms with Crippen LogP contribution in [0.5, 0.6) is 11.5 Å². The maximum Gasteiger partial charge on any atom is 0.133 e. The van der Waals surface area contributed by atoms with E-state index >= 15 is 0 Å². The second kappa shape index (κ2) is 4.78. The second-order valence-corrected chi connectivity index (χ2v) is 5.73. The van der Waals surface area contributed by atoms with Gasteiger partial charge < -0.3 is 14.2 Å². The van der Waals surface area contributed by atoms with E-state index in [0.29, 0.717) is 6.61 Å². The first-order chi connectivity index (χ1) is 10.3. The van der Waals surface area contributed by atoms with Crippen LogP contribution in [0.1, 0.15) is 23.7 Å². The zero-order valence-electron chi connectivity index (χ0n) is 12.0. The highest BCUT2D eigenvalue weighted by Crippen LogP contribution is 2.56. The first kappa shape index (κ1) is 12.7. The van der Waals surface area contributed by atoms with Gasteiger partial charge in [-0.3, -0.25) is 0 Å². The minimum absolute atomic E-state index is 0.117. The van der Waals surface area contributed by atoms with E-state index in [4.69, 9.17) is 14.2 Å². The first-order valence-electron chi connectivity index (χ1n) is 7.33. The molecular formula is C18H18O3. The van der Waals surface area contributed by atoms with Gasteiger partial charge in [0.2, 0.25) is 0 Å². The van der Waals surface area contributed by atoms with Crippen LogP contribution in [0.4, 0.5) is 0 Å². The van der Waals surface area contributed by atoms with Crippen LogP contribution in [0.2, 0.25) is 0 Å². The van der Waals surface area contributed by atoms with Crippen molar-refractivity contribution in [2.75, 3.05) is 13.7 Å². The summed E-state index contributed by atoms with van der Waals surface area (Å²) in [6.07, 6.45) is 2.31. The van der Waals surface area contributed by atoms with E-state index < -0.39 is 0 Å². The molecule has 0 aromatic heterocycles. The van der Waals surface area contributed by atoms with Gasteiger partial charge in [0.25, 0.3) is 0 Å². The molecule has 0 unspecified atom stereocenters. The Kier molecular flexibility index (Phi) is 2.89. The topological polar surface area (TPSA) is 31.0 Å². The van der Waals surface area contributed by atoms with Crippen molar-refractivity contribution in [3.05, 3.63) is 59.7 Å². The Labute approximate surface area is 124 Å². The first-order valence-corrected chi connectivity index (χ1v) is 7.33. The number of hydrogen-bond donors (Lipinski definition) is 0. The number of fused-ring (bicyclic) bond motifs is 3. The van der Waals surface area contributed by atoms with E-state index in [-0.39, 0.29) is 11.7 Å². The van der Waals surface area contributed by atoms with Crippen molar-refractivity contribution < 1.29 is 14.2 Å². The number of benzene rings is 2. The number of hydrogen-bond acceptors (Lipinski definition) is 3. The second-order valence-electron chi connectivity index (χ2n) is 5.73. The van der Waals surface area contributed by atoms with Crippen LogP contribution in [-0.4, -0.2) is 19.3 Å². The van der Waals surface area contributed by atoms with Crippen LogP contribution < -0.4 is 9.47 Å². The quantitative estimate of drug-likeness (QED) is 0.804. The molecule has 0 spiro atoms. The minimum Gasteiger partial charge on any atom is -0.497 e. The summed E-state index contributed by atoms with van der Waals surface area (Å²) in [7, 11) is 1.66. The Balaban J connectivity index is 1.45. The van der Waals surface area contributed by atoms with Gasteiger partial charge in [-0.05, 0) is 48.2 Å². The van der Waals surface area contributed by atoms with Gasteiger partial charge in [-0.2, -0.15) is 0 Å². The van der Waals surface area contributed by atoms with Crippen molar-refractivity contribution in [1.82, 2.24) is 0 Å². The summed E-state index contributed by atoms with van der Waals surface area (Å²) in [5.41, 5.74) is 2.64. The third kappa shape index (κ3) is 2.18. The van der Waals surface area contributed by atoms with Gasteiger partial charge >= 0.3 is 0 Å². The highest BCUT2D eigenvalue weighted by atomic mass is 16.6. The smallest absolute Gasteiger partial charge is 0.133 e. The third-order valence-electron chi connectivity index (χ3n) is 4.47. The predicted octanol–water partition coefficient (Wildman–Crippen LogP) is 3.53. The molecule has 1 aliphatic carbocycles. The molecule has 1 aliphatic heterocycles. The van der Waals surface area contributed by atoms with Gasteiger partial charge in [0.15, 0.2) is 0 Å². The summed E-state index contributed by atoms with van der Waals surface area (Å²) in [5, 5.41) is 0. The van der Waals surface area contributed by atoms with Gasteiger partial charge in [-0.25, -0.2) is 0 Å². The van der Waals surface area contributed by atoms with Gasteiger partial charge in [0, 0.05) is 0 Å². The molecule has 0 radical (unpaired) electrons. The maximum atomic E-state index is 6.01. The van der Waals surface area contributed by atoms with Crippen LogP contribution >= 0.6 is 0 Å². The maximum absolute atomic E-state index is 6.01. The standard InChI is InChI=1S/C18H18O3/c1-19-14-6-8-15(9-7-14)20-12-18-11-10-13-4-2-3-5-16(13)17(18)21-18/h2-9,17H,10-12H2,1H3/t17-,18-/m1/s1. The SMILES string of the molecule is COc1ccc(OC[C@]23CCc4ccccc4[C@H]2O3)cc1.